The number of rotatable bonds is 8. The number of nitrogens with one attached hydrogen (secondary N) is 1. The molecular weight excluding hydrogens is 478 g/mol. The largest absolute Gasteiger partial charge is 0.541 e. The summed E-state index contributed by atoms with van der Waals surface area (Å²) in [6.45, 7) is 15.1. The van der Waals surface area contributed by atoms with Crippen LogP contribution < -0.4 is 15.5 Å². The highest BCUT2D eigenvalue weighted by Crippen LogP contribution is 2.44. The first-order valence-electron chi connectivity index (χ1n) is 11.4. The molecule has 0 saturated heterocycles. The van der Waals surface area contributed by atoms with Crippen LogP contribution >= 0.6 is 15.9 Å². The molecule has 1 aliphatic heterocycles. The first-order chi connectivity index (χ1) is 15.1. The van der Waals surface area contributed by atoms with Gasteiger partial charge >= 0.3 is 0 Å². The number of halogens is 1. The fraction of sp³-hybridized carbons (Fsp3) is 0.423. The lowest BCUT2D eigenvalue weighted by Crippen LogP contribution is -2.50. The van der Waals surface area contributed by atoms with Gasteiger partial charge in [-0.15, -0.1) is 0 Å². The van der Waals surface area contributed by atoms with E-state index in [0.717, 1.165) is 21.3 Å². The molecule has 6 heteroatoms. The van der Waals surface area contributed by atoms with Crippen LogP contribution in [-0.2, 0) is 6.54 Å². The molecular formula is C26H36BrN3OSi. The fourth-order valence-corrected chi connectivity index (χ4v) is 10.6. The Morgan fingerprint density at radius 1 is 1.06 bits per heavy atom. The van der Waals surface area contributed by atoms with Gasteiger partial charge < -0.3 is 15.5 Å². The standard InChI is InChI=1S/C26H36BrN3OSi/c1-17(2)32(18(3)4,19(5)6)31-26-11-20(7-10-25(26)28)13-29-15-22-16-30-14-21-8-9-23(27)12-24(21)22/h7-12,14-15,17-19,29H,13,16,28H2,1-6H3/b22-15+. The quantitative estimate of drug-likeness (QED) is 0.291. The number of aliphatic imine (C=N–C) groups is 1. The number of benzene rings is 2. The van der Waals surface area contributed by atoms with Crippen LogP contribution in [0.1, 0.15) is 58.2 Å². The number of anilines is 1. The van der Waals surface area contributed by atoms with Gasteiger partial charge in [0.05, 0.1) is 12.2 Å². The molecule has 1 heterocycles. The summed E-state index contributed by atoms with van der Waals surface area (Å²) in [6, 6.07) is 12.4. The summed E-state index contributed by atoms with van der Waals surface area (Å²) >= 11 is 3.58. The van der Waals surface area contributed by atoms with Gasteiger partial charge in [-0.3, -0.25) is 4.99 Å². The van der Waals surface area contributed by atoms with Crippen molar-refractivity contribution in [1.82, 2.24) is 5.32 Å². The fourth-order valence-electron chi connectivity index (χ4n) is 4.98. The molecule has 0 radical (unpaired) electrons. The van der Waals surface area contributed by atoms with Crippen LogP contribution in [0.4, 0.5) is 5.69 Å². The second-order valence-corrected chi connectivity index (χ2v) is 15.8. The van der Waals surface area contributed by atoms with Crippen LogP contribution in [0, 0.1) is 0 Å². The molecule has 0 saturated carbocycles. The van der Waals surface area contributed by atoms with Crippen molar-refractivity contribution < 1.29 is 4.43 Å². The van der Waals surface area contributed by atoms with Crippen molar-refractivity contribution in [2.75, 3.05) is 12.3 Å². The highest BCUT2D eigenvalue weighted by Gasteiger charge is 2.47. The molecule has 0 aliphatic carbocycles. The Morgan fingerprint density at radius 3 is 2.41 bits per heavy atom. The van der Waals surface area contributed by atoms with Crippen molar-refractivity contribution >= 4 is 41.7 Å². The summed E-state index contributed by atoms with van der Waals surface area (Å²) < 4.78 is 7.94. The van der Waals surface area contributed by atoms with E-state index in [2.05, 4.69) is 98.2 Å². The van der Waals surface area contributed by atoms with Gasteiger partial charge in [-0.2, -0.15) is 0 Å². The Kier molecular flexibility index (Phi) is 7.88. The van der Waals surface area contributed by atoms with Gasteiger partial charge in [0.2, 0.25) is 0 Å². The number of fused-ring (bicyclic) bond motifs is 1. The van der Waals surface area contributed by atoms with E-state index in [1.54, 1.807) is 0 Å². The number of nitrogens with two attached hydrogens (primary N) is 1. The zero-order valence-corrected chi connectivity index (χ0v) is 22.7. The summed E-state index contributed by atoms with van der Waals surface area (Å²) in [5, 5.41) is 3.47. The van der Waals surface area contributed by atoms with Crippen LogP contribution in [0.15, 0.2) is 52.1 Å². The van der Waals surface area contributed by atoms with E-state index in [1.165, 1.54) is 11.1 Å². The molecule has 1 aliphatic rings. The van der Waals surface area contributed by atoms with E-state index in [0.29, 0.717) is 35.4 Å². The molecule has 3 N–H and O–H groups in total. The number of nitrogens with zero attached hydrogens (tertiary/aromatic N) is 1. The van der Waals surface area contributed by atoms with E-state index < -0.39 is 8.32 Å². The molecule has 0 bridgehead atoms. The topological polar surface area (TPSA) is 59.6 Å². The van der Waals surface area contributed by atoms with Gasteiger partial charge in [-0.25, -0.2) is 0 Å². The summed E-state index contributed by atoms with van der Waals surface area (Å²) in [7, 11) is -2.06. The van der Waals surface area contributed by atoms with E-state index in [-0.39, 0.29) is 0 Å². The average Bonchev–Trinajstić information content (AvgIpc) is 2.73. The monoisotopic (exact) mass is 513 g/mol. The minimum absolute atomic E-state index is 0.500. The van der Waals surface area contributed by atoms with E-state index >= 15 is 0 Å². The second kappa shape index (κ2) is 10.3. The SMILES string of the molecule is CC(C)[Si](Oc1cc(CN/C=C2\CN=Cc3ccc(Br)cc32)ccc1N)(C(C)C)C(C)C. The van der Waals surface area contributed by atoms with Crippen molar-refractivity contribution in [3.8, 4) is 5.75 Å². The number of hydrogen-bond acceptors (Lipinski definition) is 4. The van der Waals surface area contributed by atoms with Crippen molar-refractivity contribution in [2.45, 2.75) is 64.7 Å². The minimum atomic E-state index is -2.06. The zero-order valence-electron chi connectivity index (χ0n) is 20.1. The smallest absolute Gasteiger partial charge is 0.258 e. The maximum atomic E-state index is 6.86. The third kappa shape index (κ3) is 5.12. The van der Waals surface area contributed by atoms with Crippen LogP contribution in [-0.4, -0.2) is 21.1 Å². The summed E-state index contributed by atoms with van der Waals surface area (Å²) in [6.07, 6.45) is 4.02. The van der Waals surface area contributed by atoms with Gasteiger partial charge in [0.15, 0.2) is 0 Å². The summed E-state index contributed by atoms with van der Waals surface area (Å²) in [4.78, 5) is 4.49. The van der Waals surface area contributed by atoms with Gasteiger partial charge in [-0.05, 0) is 63.2 Å². The normalized spacial score (nSPS) is 15.0. The highest BCUT2D eigenvalue weighted by atomic mass is 79.9. The lowest BCUT2D eigenvalue weighted by Gasteiger charge is -2.42. The lowest BCUT2D eigenvalue weighted by atomic mass is 9.99. The predicted octanol–water partition coefficient (Wildman–Crippen LogP) is 7.15. The molecule has 0 spiro atoms. The van der Waals surface area contributed by atoms with Crippen molar-refractivity contribution in [1.29, 1.82) is 0 Å². The Bertz CT molecular complexity index is 992. The molecule has 32 heavy (non-hydrogen) atoms. The third-order valence-corrected chi connectivity index (χ3v) is 13.0. The maximum absolute atomic E-state index is 6.86. The average molecular weight is 515 g/mol. The summed E-state index contributed by atoms with van der Waals surface area (Å²) in [5.74, 6) is 0.830. The number of nitrogen functional groups attached to an aromatic ring is 1. The molecule has 0 amide bonds. The molecule has 3 rings (SSSR count). The Balaban J connectivity index is 1.79. The molecule has 0 aromatic heterocycles. The molecule has 0 unspecified atom stereocenters. The van der Waals surface area contributed by atoms with Gasteiger partial charge in [0.25, 0.3) is 8.32 Å². The molecule has 172 valence electrons. The van der Waals surface area contributed by atoms with Crippen LogP contribution in [0.25, 0.3) is 5.57 Å². The van der Waals surface area contributed by atoms with E-state index in [9.17, 15) is 0 Å². The summed E-state index contributed by atoms with van der Waals surface area (Å²) in [5.41, 5.74) is 13.3. The van der Waals surface area contributed by atoms with E-state index in [4.69, 9.17) is 10.2 Å². The third-order valence-electron chi connectivity index (χ3n) is 6.51. The van der Waals surface area contributed by atoms with Crippen molar-refractivity contribution in [2.24, 2.45) is 4.99 Å². The maximum Gasteiger partial charge on any atom is 0.258 e. The molecule has 4 nitrogen and oxygen atoms in total. The highest BCUT2D eigenvalue weighted by molar-refractivity contribution is 9.10. The second-order valence-electron chi connectivity index (χ2n) is 9.54. The van der Waals surface area contributed by atoms with Crippen LogP contribution in [0.3, 0.4) is 0 Å². The molecule has 2 aromatic carbocycles. The molecule has 2 aromatic rings. The van der Waals surface area contributed by atoms with Crippen molar-refractivity contribution in [3.63, 3.8) is 0 Å². The van der Waals surface area contributed by atoms with Gasteiger partial charge in [0.1, 0.15) is 5.75 Å². The van der Waals surface area contributed by atoms with Crippen LogP contribution in [0.2, 0.25) is 16.6 Å². The minimum Gasteiger partial charge on any atom is -0.541 e. The first-order valence-corrected chi connectivity index (χ1v) is 14.4. The van der Waals surface area contributed by atoms with Crippen LogP contribution in [0.5, 0.6) is 5.75 Å². The predicted molar refractivity (Wildman–Crippen MR) is 144 cm³/mol. The van der Waals surface area contributed by atoms with Gasteiger partial charge in [0, 0.05) is 23.4 Å². The van der Waals surface area contributed by atoms with Crippen molar-refractivity contribution in [3.05, 3.63) is 63.8 Å². The number of hydrogen-bond donors (Lipinski definition) is 2. The zero-order chi connectivity index (χ0) is 23.5. The van der Waals surface area contributed by atoms with Gasteiger partial charge in [-0.1, -0.05) is 69.6 Å². The molecule has 0 atom stereocenters. The van der Waals surface area contributed by atoms with E-state index in [1.807, 2.05) is 18.3 Å². The Morgan fingerprint density at radius 2 is 1.75 bits per heavy atom. The Labute approximate surface area is 202 Å². The lowest BCUT2D eigenvalue weighted by molar-refractivity contribution is 0.481. The molecule has 0 fully saturated rings. The Hall–Kier alpha value is -2.05. The first kappa shape index (κ1) is 24.6.